The highest BCUT2D eigenvalue weighted by molar-refractivity contribution is 7.22. The Bertz CT molecular complexity index is 835. The number of hydrogen-bond acceptors (Lipinski definition) is 6. The normalized spacial score (nSPS) is 14.0. The van der Waals surface area contributed by atoms with E-state index in [1.807, 2.05) is 18.3 Å². The molecule has 0 fully saturated rings. The lowest BCUT2D eigenvalue weighted by molar-refractivity contribution is -0.206. The molecule has 2 aromatic rings. The lowest BCUT2D eigenvalue weighted by Gasteiger charge is -2.33. The third kappa shape index (κ3) is 3.39. The van der Waals surface area contributed by atoms with Crippen LogP contribution < -0.4 is 10.6 Å². The van der Waals surface area contributed by atoms with E-state index in [0.717, 1.165) is 36.5 Å². The zero-order valence-corrected chi connectivity index (χ0v) is 14.7. The largest absolute Gasteiger partial charge is 0.466 e. The van der Waals surface area contributed by atoms with Gasteiger partial charge in [0.2, 0.25) is 5.91 Å². The van der Waals surface area contributed by atoms with Crippen molar-refractivity contribution >= 4 is 38.6 Å². The molecule has 10 heteroatoms. The van der Waals surface area contributed by atoms with E-state index in [1.165, 1.54) is 0 Å². The van der Waals surface area contributed by atoms with Gasteiger partial charge in [-0.15, -0.1) is 0 Å². The lowest BCUT2D eigenvalue weighted by atomic mass is 10.1. The Morgan fingerprint density at radius 1 is 1.24 bits per heavy atom. The number of thiazole rings is 1. The highest BCUT2D eigenvalue weighted by Gasteiger charge is 2.63. The molecular formula is C15H16F3N3O3S. The highest BCUT2D eigenvalue weighted by Crippen LogP contribution is 2.36. The second kappa shape index (κ2) is 6.51. The summed E-state index contributed by atoms with van der Waals surface area (Å²) in [6.45, 7) is 4.52. The quantitative estimate of drug-likeness (QED) is 0.635. The van der Waals surface area contributed by atoms with E-state index in [-0.39, 0.29) is 5.13 Å². The number of alkyl halides is 3. The van der Waals surface area contributed by atoms with E-state index in [2.05, 4.69) is 9.72 Å². The molecule has 1 amide bonds. The maximum atomic E-state index is 13.7. The summed E-state index contributed by atoms with van der Waals surface area (Å²) in [5.41, 5.74) is -1.15. The molecule has 1 unspecified atom stereocenters. The number of fused-ring (bicyclic) bond motifs is 1. The number of halogens is 3. The fourth-order valence-corrected chi connectivity index (χ4v) is 3.23. The number of carbonyl (C=O) groups excluding carboxylic acids is 2. The smallest absolute Gasteiger partial charge is 0.442 e. The molecule has 0 bridgehead atoms. The Labute approximate surface area is 145 Å². The van der Waals surface area contributed by atoms with Crippen molar-refractivity contribution in [3.05, 3.63) is 23.3 Å². The molecule has 0 aliphatic rings. The van der Waals surface area contributed by atoms with Crippen LogP contribution in [0.5, 0.6) is 0 Å². The number of hydrogen-bond donors (Lipinski definition) is 2. The number of aryl methyl sites for hydroxylation is 2. The molecule has 1 heterocycles. The Morgan fingerprint density at radius 2 is 1.88 bits per heavy atom. The maximum Gasteiger partial charge on any atom is 0.442 e. The zero-order chi connectivity index (χ0) is 19.0. The summed E-state index contributed by atoms with van der Waals surface area (Å²) >= 11 is 0.937. The van der Waals surface area contributed by atoms with Gasteiger partial charge in [-0.25, -0.2) is 9.78 Å². The van der Waals surface area contributed by atoms with Crippen LogP contribution in [0.4, 0.5) is 18.3 Å². The number of nitrogens with zero attached hydrogens (tertiary/aromatic N) is 1. The number of methoxy groups -OCH3 is 1. The molecule has 0 aliphatic heterocycles. The molecule has 136 valence electrons. The number of anilines is 1. The molecule has 1 atom stereocenters. The Morgan fingerprint density at radius 3 is 2.40 bits per heavy atom. The SMILES string of the molecule is COC(=O)C(NC(C)=O)(Nc1nc2c(C)c(C)ccc2s1)C(F)(F)F. The van der Waals surface area contributed by atoms with Gasteiger partial charge in [-0.05, 0) is 31.0 Å². The molecule has 0 saturated heterocycles. The van der Waals surface area contributed by atoms with Gasteiger partial charge in [0.15, 0.2) is 5.13 Å². The van der Waals surface area contributed by atoms with E-state index < -0.39 is 23.7 Å². The van der Waals surface area contributed by atoms with Crippen LogP contribution in [-0.2, 0) is 14.3 Å². The number of aromatic nitrogens is 1. The summed E-state index contributed by atoms with van der Waals surface area (Å²) < 4.78 is 45.9. The second-order valence-corrected chi connectivity index (χ2v) is 6.45. The topological polar surface area (TPSA) is 80.3 Å². The third-order valence-corrected chi connectivity index (χ3v) is 4.60. The van der Waals surface area contributed by atoms with E-state index in [4.69, 9.17) is 0 Å². The Kier molecular flexibility index (Phi) is 4.94. The van der Waals surface area contributed by atoms with Gasteiger partial charge in [-0.2, -0.15) is 13.2 Å². The van der Waals surface area contributed by atoms with Gasteiger partial charge < -0.3 is 15.4 Å². The summed E-state index contributed by atoms with van der Waals surface area (Å²) in [5.74, 6) is -2.74. The van der Waals surface area contributed by atoms with Gasteiger partial charge in [-0.3, -0.25) is 4.79 Å². The molecule has 2 N–H and O–H groups in total. The first-order valence-electron chi connectivity index (χ1n) is 7.10. The standard InChI is InChI=1S/C15H16F3N3O3S/c1-7-5-6-10-11(8(7)2)19-13(25-10)21-14(12(23)24-4,15(16,17)18)20-9(3)22/h5-6H,1-4H3,(H,19,21)(H,20,22). The van der Waals surface area contributed by atoms with E-state index >= 15 is 0 Å². The van der Waals surface area contributed by atoms with Crippen LogP contribution >= 0.6 is 11.3 Å². The summed E-state index contributed by atoms with van der Waals surface area (Å²) in [5, 5.41) is 3.48. The van der Waals surface area contributed by atoms with Gasteiger partial charge in [0.05, 0.1) is 17.3 Å². The van der Waals surface area contributed by atoms with Crippen molar-refractivity contribution in [3.8, 4) is 0 Å². The van der Waals surface area contributed by atoms with E-state index in [1.54, 1.807) is 18.3 Å². The predicted molar refractivity (Wildman–Crippen MR) is 87.3 cm³/mol. The average Bonchev–Trinajstić information content (AvgIpc) is 2.91. The van der Waals surface area contributed by atoms with Crippen molar-refractivity contribution in [2.75, 3.05) is 12.4 Å². The van der Waals surface area contributed by atoms with Gasteiger partial charge in [0, 0.05) is 6.92 Å². The van der Waals surface area contributed by atoms with Crippen LogP contribution in [0, 0.1) is 13.8 Å². The first-order chi connectivity index (χ1) is 11.5. The molecule has 0 saturated carbocycles. The lowest BCUT2D eigenvalue weighted by Crippen LogP contribution is -2.69. The van der Waals surface area contributed by atoms with Crippen molar-refractivity contribution in [2.45, 2.75) is 32.6 Å². The Hall–Kier alpha value is -2.36. The monoisotopic (exact) mass is 375 g/mol. The number of benzene rings is 1. The number of esters is 1. The third-order valence-electron chi connectivity index (χ3n) is 3.66. The predicted octanol–water partition coefficient (Wildman–Crippen LogP) is 2.89. The molecular weight excluding hydrogens is 359 g/mol. The number of amides is 1. The molecule has 1 aromatic carbocycles. The summed E-state index contributed by atoms with van der Waals surface area (Å²) in [6.07, 6.45) is -5.16. The minimum Gasteiger partial charge on any atom is -0.466 e. The van der Waals surface area contributed by atoms with Crippen LogP contribution in [0.15, 0.2) is 12.1 Å². The summed E-state index contributed by atoms with van der Waals surface area (Å²) in [6, 6.07) is 3.55. The highest BCUT2D eigenvalue weighted by atomic mass is 32.1. The first-order valence-corrected chi connectivity index (χ1v) is 7.92. The van der Waals surface area contributed by atoms with E-state index in [9.17, 15) is 22.8 Å². The van der Waals surface area contributed by atoms with Gasteiger partial charge >= 0.3 is 17.8 Å². The maximum absolute atomic E-state index is 13.7. The molecule has 25 heavy (non-hydrogen) atoms. The minimum absolute atomic E-state index is 0.167. The number of ether oxygens (including phenoxy) is 1. The minimum atomic E-state index is -5.16. The van der Waals surface area contributed by atoms with E-state index in [0.29, 0.717) is 10.2 Å². The van der Waals surface area contributed by atoms with Crippen LogP contribution in [-0.4, -0.2) is 35.8 Å². The zero-order valence-electron chi connectivity index (χ0n) is 13.9. The number of carbonyl (C=O) groups is 2. The van der Waals surface area contributed by atoms with Crippen molar-refractivity contribution in [3.63, 3.8) is 0 Å². The van der Waals surface area contributed by atoms with Gasteiger partial charge in [-0.1, -0.05) is 17.4 Å². The number of rotatable bonds is 4. The second-order valence-electron chi connectivity index (χ2n) is 5.42. The average molecular weight is 375 g/mol. The van der Waals surface area contributed by atoms with Crippen molar-refractivity contribution < 1.29 is 27.5 Å². The molecule has 6 nitrogen and oxygen atoms in total. The number of nitrogens with one attached hydrogen (secondary N) is 2. The summed E-state index contributed by atoms with van der Waals surface area (Å²) in [4.78, 5) is 27.4. The van der Waals surface area contributed by atoms with Crippen LogP contribution in [0.1, 0.15) is 18.1 Å². The molecule has 0 radical (unpaired) electrons. The van der Waals surface area contributed by atoms with Gasteiger partial charge in [0.1, 0.15) is 0 Å². The van der Waals surface area contributed by atoms with Crippen LogP contribution in [0.3, 0.4) is 0 Å². The van der Waals surface area contributed by atoms with Gasteiger partial charge in [0.25, 0.3) is 0 Å². The van der Waals surface area contributed by atoms with Crippen molar-refractivity contribution in [2.24, 2.45) is 0 Å². The molecule has 0 spiro atoms. The summed E-state index contributed by atoms with van der Waals surface area (Å²) in [7, 11) is 0.804. The first kappa shape index (κ1) is 19.0. The van der Waals surface area contributed by atoms with Crippen molar-refractivity contribution in [1.82, 2.24) is 10.3 Å². The molecule has 2 rings (SSSR count). The van der Waals surface area contributed by atoms with Crippen LogP contribution in [0.2, 0.25) is 0 Å². The fraction of sp³-hybridized carbons (Fsp3) is 0.400. The molecule has 1 aromatic heterocycles. The van der Waals surface area contributed by atoms with Crippen LogP contribution in [0.25, 0.3) is 10.2 Å². The fourth-order valence-electron chi connectivity index (χ4n) is 2.25. The Balaban J connectivity index is 2.58. The van der Waals surface area contributed by atoms with Crippen molar-refractivity contribution in [1.29, 1.82) is 0 Å². The molecule has 0 aliphatic carbocycles.